The Kier molecular flexibility index (Phi) is 5.73. The highest BCUT2D eigenvalue weighted by molar-refractivity contribution is 5.86. The third-order valence-corrected chi connectivity index (χ3v) is 3.68. The number of amides is 2. The van der Waals surface area contributed by atoms with E-state index in [0.717, 1.165) is 22.6 Å². The quantitative estimate of drug-likeness (QED) is 0.847. The molecule has 0 aliphatic heterocycles. The molecule has 0 aliphatic rings. The maximum atomic E-state index is 12.1. The van der Waals surface area contributed by atoms with E-state index < -0.39 is 0 Å². The number of nitrogens with zero attached hydrogens (tertiary/aromatic N) is 2. The van der Waals surface area contributed by atoms with Gasteiger partial charge in [-0.05, 0) is 39.8 Å². The number of carbonyl (C=O) groups is 2. The van der Waals surface area contributed by atoms with E-state index in [9.17, 15) is 9.59 Å². The molecule has 0 aliphatic carbocycles. The van der Waals surface area contributed by atoms with Gasteiger partial charge in [-0.25, -0.2) is 4.68 Å². The molecule has 0 unspecified atom stereocenters. The zero-order valence-electron chi connectivity index (χ0n) is 14.6. The summed E-state index contributed by atoms with van der Waals surface area (Å²) in [6, 6.07) is 9.85. The van der Waals surface area contributed by atoms with Crippen molar-refractivity contribution in [1.29, 1.82) is 0 Å². The van der Waals surface area contributed by atoms with Gasteiger partial charge in [0.05, 0.1) is 24.3 Å². The van der Waals surface area contributed by atoms with Crippen LogP contribution in [0.1, 0.15) is 30.8 Å². The fourth-order valence-electron chi connectivity index (χ4n) is 2.53. The Labute approximate surface area is 142 Å². The van der Waals surface area contributed by atoms with Gasteiger partial charge in [0, 0.05) is 17.3 Å². The first-order chi connectivity index (χ1) is 11.4. The van der Waals surface area contributed by atoms with Crippen molar-refractivity contribution in [2.24, 2.45) is 0 Å². The lowest BCUT2D eigenvalue weighted by atomic mass is 10.1. The molecule has 0 radical (unpaired) electrons. The van der Waals surface area contributed by atoms with Gasteiger partial charge in [0.15, 0.2) is 0 Å². The van der Waals surface area contributed by atoms with Gasteiger partial charge >= 0.3 is 0 Å². The number of aromatic nitrogens is 2. The van der Waals surface area contributed by atoms with E-state index in [0.29, 0.717) is 0 Å². The minimum Gasteiger partial charge on any atom is -0.352 e. The summed E-state index contributed by atoms with van der Waals surface area (Å²) in [5.41, 5.74) is 3.60. The third-order valence-electron chi connectivity index (χ3n) is 3.68. The molecule has 6 heteroatoms. The van der Waals surface area contributed by atoms with Gasteiger partial charge in [0.1, 0.15) is 0 Å². The predicted molar refractivity (Wildman–Crippen MR) is 93.0 cm³/mol. The molecule has 2 aromatic rings. The van der Waals surface area contributed by atoms with Gasteiger partial charge in [0.2, 0.25) is 11.8 Å². The van der Waals surface area contributed by atoms with Crippen molar-refractivity contribution in [3.8, 4) is 5.69 Å². The van der Waals surface area contributed by atoms with Crippen LogP contribution in [0.25, 0.3) is 5.69 Å². The van der Waals surface area contributed by atoms with Crippen LogP contribution in [-0.2, 0) is 16.0 Å². The van der Waals surface area contributed by atoms with E-state index in [1.54, 1.807) is 0 Å². The van der Waals surface area contributed by atoms with Crippen molar-refractivity contribution in [1.82, 2.24) is 20.4 Å². The lowest BCUT2D eigenvalue weighted by Crippen LogP contribution is -2.40. The van der Waals surface area contributed by atoms with Crippen molar-refractivity contribution in [2.75, 3.05) is 6.54 Å². The van der Waals surface area contributed by atoms with Gasteiger partial charge in [-0.1, -0.05) is 18.2 Å². The van der Waals surface area contributed by atoms with Crippen LogP contribution in [0, 0.1) is 13.8 Å². The standard InChI is InChI=1S/C18H24N4O2/c1-12(2)20-18(24)11-19-17(23)10-16-13(3)21-22(14(16)4)15-8-6-5-7-9-15/h5-9,12H,10-11H2,1-4H3,(H,19,23)(H,20,24). The van der Waals surface area contributed by atoms with E-state index in [2.05, 4.69) is 15.7 Å². The lowest BCUT2D eigenvalue weighted by Gasteiger charge is -2.09. The average Bonchev–Trinajstić information content (AvgIpc) is 2.81. The molecular weight excluding hydrogens is 304 g/mol. The zero-order chi connectivity index (χ0) is 17.7. The summed E-state index contributed by atoms with van der Waals surface area (Å²) < 4.78 is 1.84. The molecule has 128 valence electrons. The van der Waals surface area contributed by atoms with Crippen LogP contribution in [0.4, 0.5) is 0 Å². The van der Waals surface area contributed by atoms with Gasteiger partial charge in [-0.15, -0.1) is 0 Å². The highest BCUT2D eigenvalue weighted by Gasteiger charge is 2.16. The van der Waals surface area contributed by atoms with Crippen LogP contribution >= 0.6 is 0 Å². The maximum Gasteiger partial charge on any atom is 0.239 e. The Morgan fingerprint density at radius 2 is 1.79 bits per heavy atom. The summed E-state index contributed by atoms with van der Waals surface area (Å²) in [6.07, 6.45) is 0.208. The minimum absolute atomic E-state index is 0.0120. The Balaban J connectivity index is 2.04. The minimum atomic E-state index is -0.188. The van der Waals surface area contributed by atoms with Crippen LogP contribution in [-0.4, -0.2) is 34.2 Å². The molecule has 0 fully saturated rings. The average molecular weight is 328 g/mol. The molecule has 1 aromatic carbocycles. The molecule has 1 aromatic heterocycles. The van der Waals surface area contributed by atoms with Crippen LogP contribution < -0.4 is 10.6 Å². The summed E-state index contributed by atoms with van der Waals surface area (Å²) >= 11 is 0. The fourth-order valence-corrected chi connectivity index (χ4v) is 2.53. The number of para-hydroxylation sites is 1. The van der Waals surface area contributed by atoms with Crippen LogP contribution in [0.15, 0.2) is 30.3 Å². The summed E-state index contributed by atoms with van der Waals surface area (Å²) in [5, 5.41) is 9.92. The first-order valence-electron chi connectivity index (χ1n) is 8.05. The first kappa shape index (κ1) is 17.7. The van der Waals surface area contributed by atoms with E-state index in [-0.39, 0.29) is 30.8 Å². The highest BCUT2D eigenvalue weighted by Crippen LogP contribution is 2.18. The van der Waals surface area contributed by atoms with Crippen LogP contribution in [0.2, 0.25) is 0 Å². The number of nitrogens with one attached hydrogen (secondary N) is 2. The smallest absolute Gasteiger partial charge is 0.239 e. The van der Waals surface area contributed by atoms with E-state index >= 15 is 0 Å². The number of carbonyl (C=O) groups excluding carboxylic acids is 2. The molecule has 6 nitrogen and oxygen atoms in total. The molecule has 0 saturated heterocycles. The van der Waals surface area contributed by atoms with Crippen molar-refractivity contribution < 1.29 is 9.59 Å². The molecule has 2 N–H and O–H groups in total. The second-order valence-electron chi connectivity index (χ2n) is 6.07. The number of aryl methyl sites for hydroxylation is 1. The maximum absolute atomic E-state index is 12.1. The molecule has 1 heterocycles. The summed E-state index contributed by atoms with van der Waals surface area (Å²) in [5.74, 6) is -0.375. The number of hydrogen-bond acceptors (Lipinski definition) is 3. The van der Waals surface area contributed by atoms with Gasteiger partial charge in [-0.3, -0.25) is 9.59 Å². The summed E-state index contributed by atoms with van der Waals surface area (Å²) in [6.45, 7) is 7.58. The Bertz CT molecular complexity index is 720. The monoisotopic (exact) mass is 328 g/mol. The fraction of sp³-hybridized carbons (Fsp3) is 0.389. The second kappa shape index (κ2) is 7.77. The Morgan fingerprint density at radius 1 is 1.12 bits per heavy atom. The highest BCUT2D eigenvalue weighted by atomic mass is 16.2. The molecular formula is C18H24N4O2. The molecule has 2 amide bonds. The summed E-state index contributed by atoms with van der Waals surface area (Å²) in [7, 11) is 0. The number of benzene rings is 1. The van der Waals surface area contributed by atoms with Gasteiger partial charge < -0.3 is 10.6 Å². The zero-order valence-corrected chi connectivity index (χ0v) is 14.6. The largest absolute Gasteiger partial charge is 0.352 e. The van der Waals surface area contributed by atoms with E-state index in [1.165, 1.54) is 0 Å². The van der Waals surface area contributed by atoms with Crippen LogP contribution in [0.3, 0.4) is 0 Å². The van der Waals surface area contributed by atoms with Crippen LogP contribution in [0.5, 0.6) is 0 Å². The SMILES string of the molecule is Cc1nn(-c2ccccc2)c(C)c1CC(=O)NCC(=O)NC(C)C. The molecule has 2 rings (SSSR count). The molecule has 0 bridgehead atoms. The molecule has 0 spiro atoms. The van der Waals surface area contributed by atoms with Gasteiger partial charge in [0.25, 0.3) is 0 Å². The molecule has 0 saturated carbocycles. The first-order valence-corrected chi connectivity index (χ1v) is 8.05. The number of rotatable bonds is 6. The normalized spacial score (nSPS) is 10.7. The van der Waals surface area contributed by atoms with Crippen molar-refractivity contribution in [3.63, 3.8) is 0 Å². The molecule has 24 heavy (non-hydrogen) atoms. The topological polar surface area (TPSA) is 76.0 Å². The third kappa shape index (κ3) is 4.44. The van der Waals surface area contributed by atoms with Crippen molar-refractivity contribution in [3.05, 3.63) is 47.3 Å². The van der Waals surface area contributed by atoms with Crippen molar-refractivity contribution >= 4 is 11.8 Å². The van der Waals surface area contributed by atoms with E-state index in [1.807, 2.05) is 62.7 Å². The Hall–Kier alpha value is -2.63. The predicted octanol–water partition coefficient (Wildman–Crippen LogP) is 1.67. The Morgan fingerprint density at radius 3 is 2.42 bits per heavy atom. The van der Waals surface area contributed by atoms with Crippen molar-refractivity contribution in [2.45, 2.75) is 40.2 Å². The lowest BCUT2D eigenvalue weighted by molar-refractivity contribution is -0.126. The second-order valence-corrected chi connectivity index (χ2v) is 6.07. The van der Waals surface area contributed by atoms with E-state index in [4.69, 9.17) is 0 Å². The van der Waals surface area contributed by atoms with Gasteiger partial charge in [-0.2, -0.15) is 5.10 Å². The summed E-state index contributed by atoms with van der Waals surface area (Å²) in [4.78, 5) is 23.7. The number of hydrogen-bond donors (Lipinski definition) is 2. The molecule has 0 atom stereocenters.